The highest BCUT2D eigenvalue weighted by Crippen LogP contribution is 2.38. The lowest BCUT2D eigenvalue weighted by atomic mass is 9.77. The van der Waals surface area contributed by atoms with Crippen LogP contribution in [0.1, 0.15) is 67.2 Å². The molecule has 3 aromatic rings. The number of nitriles is 1. The molecule has 1 aliphatic rings. The van der Waals surface area contributed by atoms with Crippen LogP contribution in [0.3, 0.4) is 0 Å². The highest BCUT2D eigenvalue weighted by Gasteiger charge is 2.22. The van der Waals surface area contributed by atoms with Gasteiger partial charge in [-0.05, 0) is 84.6 Å². The van der Waals surface area contributed by atoms with E-state index in [0.29, 0.717) is 35.3 Å². The highest BCUT2D eigenvalue weighted by atomic mass is 19.1. The highest BCUT2D eigenvalue weighted by molar-refractivity contribution is 5.84. The van der Waals surface area contributed by atoms with Crippen molar-refractivity contribution >= 4 is 10.8 Å². The quantitative estimate of drug-likeness (QED) is 0.416. The second-order valence-corrected chi connectivity index (χ2v) is 8.69. The number of hydrogen-bond donors (Lipinski definition) is 0. The predicted octanol–water partition coefficient (Wildman–Crippen LogP) is 7.60. The average molecular weight is 422 g/mol. The molecule has 0 N–H and O–H groups in total. The average Bonchev–Trinajstić information content (AvgIpc) is 2.78. The van der Waals surface area contributed by atoms with E-state index in [1.54, 1.807) is 6.07 Å². The Hall–Kier alpha value is -2.80. The second-order valence-electron chi connectivity index (χ2n) is 8.69. The van der Waals surface area contributed by atoms with E-state index in [-0.39, 0.29) is 5.82 Å². The minimum Gasteiger partial charge on any atom is -0.206 e. The van der Waals surface area contributed by atoms with Gasteiger partial charge >= 0.3 is 0 Å². The molecule has 3 aromatic carbocycles. The molecule has 1 nitrogen and oxygen atoms in total. The van der Waals surface area contributed by atoms with Gasteiger partial charge in [0.25, 0.3) is 0 Å². The molecule has 0 heterocycles. The lowest BCUT2D eigenvalue weighted by Crippen LogP contribution is -2.12. The summed E-state index contributed by atoms with van der Waals surface area (Å²) in [6.07, 6.45) is 6.80. The van der Waals surface area contributed by atoms with E-state index in [1.807, 2.05) is 12.1 Å². The molecule has 0 saturated heterocycles. The molecule has 0 spiro atoms. The molecule has 31 heavy (non-hydrogen) atoms. The molecular formula is C27H26F3N. The first kappa shape index (κ1) is 21.4. The molecular weight excluding hydrogens is 395 g/mol. The largest absolute Gasteiger partial charge is 0.206 e. The third-order valence-corrected chi connectivity index (χ3v) is 6.85. The molecule has 0 atom stereocenters. The van der Waals surface area contributed by atoms with Gasteiger partial charge in [0.05, 0.1) is 0 Å². The summed E-state index contributed by atoms with van der Waals surface area (Å²) in [5.41, 5.74) is 1.64. The Bertz CT molecular complexity index is 1110. The SMILES string of the molecule is CCC1CCC(c2ccc3c(F)c(CCc4cc(F)c(C#N)c(F)c4)ccc3c2)CC1. The van der Waals surface area contributed by atoms with Crippen molar-refractivity contribution in [2.45, 2.75) is 57.8 Å². The van der Waals surface area contributed by atoms with Crippen molar-refractivity contribution in [3.05, 3.63) is 82.2 Å². The first-order chi connectivity index (χ1) is 15.0. The molecule has 0 unspecified atom stereocenters. The van der Waals surface area contributed by atoms with Crippen LogP contribution in [0.2, 0.25) is 0 Å². The maximum absolute atomic E-state index is 15.1. The van der Waals surface area contributed by atoms with Gasteiger partial charge in [-0.3, -0.25) is 0 Å². The van der Waals surface area contributed by atoms with Gasteiger partial charge < -0.3 is 0 Å². The van der Waals surface area contributed by atoms with Crippen LogP contribution < -0.4 is 0 Å². The fourth-order valence-corrected chi connectivity index (χ4v) is 4.86. The van der Waals surface area contributed by atoms with E-state index in [4.69, 9.17) is 5.26 Å². The first-order valence-electron chi connectivity index (χ1n) is 11.1. The summed E-state index contributed by atoms with van der Waals surface area (Å²) in [6.45, 7) is 2.26. The molecule has 1 fully saturated rings. The van der Waals surface area contributed by atoms with Crippen LogP contribution in [0.4, 0.5) is 13.2 Å². The molecule has 1 aliphatic carbocycles. The molecule has 0 aromatic heterocycles. The van der Waals surface area contributed by atoms with Crippen LogP contribution in [-0.4, -0.2) is 0 Å². The topological polar surface area (TPSA) is 23.8 Å². The Balaban J connectivity index is 1.51. The van der Waals surface area contributed by atoms with Crippen LogP contribution in [0.15, 0.2) is 42.5 Å². The van der Waals surface area contributed by atoms with Crippen molar-refractivity contribution in [3.8, 4) is 6.07 Å². The lowest BCUT2D eigenvalue weighted by molar-refractivity contribution is 0.319. The summed E-state index contributed by atoms with van der Waals surface area (Å²) in [7, 11) is 0. The summed E-state index contributed by atoms with van der Waals surface area (Å²) in [4.78, 5) is 0. The molecule has 1 saturated carbocycles. The van der Waals surface area contributed by atoms with Crippen LogP contribution in [-0.2, 0) is 12.8 Å². The van der Waals surface area contributed by atoms with Crippen molar-refractivity contribution in [2.75, 3.05) is 0 Å². The Labute approximate surface area is 181 Å². The number of rotatable bonds is 5. The molecule has 160 valence electrons. The van der Waals surface area contributed by atoms with Crippen molar-refractivity contribution in [3.63, 3.8) is 0 Å². The van der Waals surface area contributed by atoms with E-state index in [2.05, 4.69) is 19.1 Å². The fraction of sp³-hybridized carbons (Fsp3) is 0.370. The van der Waals surface area contributed by atoms with E-state index in [0.717, 1.165) is 23.4 Å². The number of hydrogen-bond acceptors (Lipinski definition) is 1. The monoisotopic (exact) mass is 421 g/mol. The zero-order chi connectivity index (χ0) is 22.0. The van der Waals surface area contributed by atoms with Crippen LogP contribution in [0, 0.1) is 34.7 Å². The van der Waals surface area contributed by atoms with Crippen LogP contribution in [0.5, 0.6) is 0 Å². The minimum atomic E-state index is -0.878. The van der Waals surface area contributed by atoms with Gasteiger partial charge in [-0.15, -0.1) is 0 Å². The van der Waals surface area contributed by atoms with E-state index in [9.17, 15) is 8.78 Å². The van der Waals surface area contributed by atoms with Crippen molar-refractivity contribution in [2.24, 2.45) is 5.92 Å². The van der Waals surface area contributed by atoms with E-state index in [1.165, 1.54) is 43.7 Å². The smallest absolute Gasteiger partial charge is 0.144 e. The fourth-order valence-electron chi connectivity index (χ4n) is 4.86. The van der Waals surface area contributed by atoms with Gasteiger partial charge in [-0.1, -0.05) is 43.7 Å². The van der Waals surface area contributed by atoms with Gasteiger partial charge in [-0.25, -0.2) is 13.2 Å². The van der Waals surface area contributed by atoms with Gasteiger partial charge in [0.2, 0.25) is 0 Å². The normalized spacial score (nSPS) is 18.8. The molecule has 0 radical (unpaired) electrons. The second kappa shape index (κ2) is 9.14. The Morgan fingerprint density at radius 3 is 2.26 bits per heavy atom. The Morgan fingerprint density at radius 1 is 0.903 bits per heavy atom. The predicted molar refractivity (Wildman–Crippen MR) is 117 cm³/mol. The number of halogens is 3. The van der Waals surface area contributed by atoms with Gasteiger partial charge in [0.15, 0.2) is 0 Å². The lowest BCUT2D eigenvalue weighted by Gasteiger charge is -2.28. The van der Waals surface area contributed by atoms with E-state index < -0.39 is 17.2 Å². The number of aryl methyl sites for hydroxylation is 2. The maximum Gasteiger partial charge on any atom is 0.144 e. The minimum absolute atomic E-state index is 0.270. The van der Waals surface area contributed by atoms with Gasteiger partial charge in [0.1, 0.15) is 29.1 Å². The number of benzene rings is 3. The summed E-state index contributed by atoms with van der Waals surface area (Å²) in [6, 6.07) is 13.6. The Kier molecular flexibility index (Phi) is 6.32. The maximum atomic E-state index is 15.1. The zero-order valence-corrected chi connectivity index (χ0v) is 17.7. The Morgan fingerprint density at radius 2 is 1.61 bits per heavy atom. The molecule has 4 rings (SSSR count). The first-order valence-corrected chi connectivity index (χ1v) is 11.1. The molecule has 0 aliphatic heterocycles. The van der Waals surface area contributed by atoms with Crippen LogP contribution in [0.25, 0.3) is 10.8 Å². The summed E-state index contributed by atoms with van der Waals surface area (Å²) in [5.74, 6) is -0.631. The van der Waals surface area contributed by atoms with Crippen molar-refractivity contribution in [1.82, 2.24) is 0 Å². The van der Waals surface area contributed by atoms with E-state index >= 15 is 4.39 Å². The third kappa shape index (κ3) is 4.46. The van der Waals surface area contributed by atoms with Gasteiger partial charge in [-0.2, -0.15) is 5.26 Å². The third-order valence-electron chi connectivity index (χ3n) is 6.85. The summed E-state index contributed by atoms with van der Waals surface area (Å²) >= 11 is 0. The van der Waals surface area contributed by atoms with Crippen LogP contribution >= 0.6 is 0 Å². The standard InChI is InChI=1S/C27H26F3N/c1-2-17-3-6-19(7-4-17)21-11-12-23-22(15-21)10-9-20(27(23)30)8-5-18-13-25(28)24(16-31)26(29)14-18/h9-15,17,19H,2-8H2,1H3. The van der Waals surface area contributed by atoms with Crippen molar-refractivity contribution < 1.29 is 13.2 Å². The van der Waals surface area contributed by atoms with Gasteiger partial charge in [0, 0.05) is 5.39 Å². The number of nitrogens with zero attached hydrogens (tertiary/aromatic N) is 1. The summed E-state index contributed by atoms with van der Waals surface area (Å²) < 4.78 is 42.8. The molecule has 0 amide bonds. The summed E-state index contributed by atoms with van der Waals surface area (Å²) in [5, 5.41) is 10.3. The molecule has 0 bridgehead atoms. The van der Waals surface area contributed by atoms with Crippen molar-refractivity contribution in [1.29, 1.82) is 5.26 Å². The zero-order valence-electron chi connectivity index (χ0n) is 17.7. The number of fused-ring (bicyclic) bond motifs is 1. The molecule has 4 heteroatoms.